The second kappa shape index (κ2) is 13.8. The highest BCUT2D eigenvalue weighted by molar-refractivity contribution is 5.94. The lowest BCUT2D eigenvalue weighted by Gasteiger charge is -2.36. The van der Waals surface area contributed by atoms with Crippen molar-refractivity contribution in [1.82, 2.24) is 9.80 Å². The van der Waals surface area contributed by atoms with Crippen molar-refractivity contribution < 1.29 is 23.8 Å². The molecule has 0 unspecified atom stereocenters. The third kappa shape index (κ3) is 8.05. The smallest absolute Gasteiger partial charge is 0.338 e. The average Bonchev–Trinajstić information content (AvgIpc) is 2.96. The molecule has 1 fully saturated rings. The fourth-order valence-corrected chi connectivity index (χ4v) is 4.49. The summed E-state index contributed by atoms with van der Waals surface area (Å²) in [6.45, 7) is 7.98. The Morgan fingerprint density at radius 2 is 1.69 bits per heavy atom. The van der Waals surface area contributed by atoms with Crippen LogP contribution in [-0.2, 0) is 16.1 Å². The lowest BCUT2D eigenvalue weighted by atomic mass is 10.1. The van der Waals surface area contributed by atoms with Gasteiger partial charge in [0.25, 0.3) is 0 Å². The zero-order chi connectivity index (χ0) is 27.6. The molecule has 0 aliphatic carbocycles. The molecule has 1 aliphatic rings. The van der Waals surface area contributed by atoms with Gasteiger partial charge in [-0.25, -0.2) is 9.59 Å². The Hall–Kier alpha value is -3.88. The summed E-state index contributed by atoms with van der Waals surface area (Å²) in [6.07, 6.45) is -0.146. The number of piperazine rings is 1. The monoisotopic (exact) mass is 531 g/mol. The highest BCUT2D eigenvalue weighted by Crippen LogP contribution is 2.25. The normalized spacial score (nSPS) is 14.5. The number of ether oxygens (including phenoxy) is 3. The molecule has 1 aliphatic heterocycles. The molecule has 0 aromatic heterocycles. The van der Waals surface area contributed by atoms with Crippen molar-refractivity contribution in [2.45, 2.75) is 26.6 Å². The Bertz CT molecular complexity index is 1240. The van der Waals surface area contributed by atoms with Gasteiger partial charge in [-0.05, 0) is 55.3 Å². The van der Waals surface area contributed by atoms with E-state index in [1.165, 1.54) is 5.56 Å². The van der Waals surface area contributed by atoms with E-state index >= 15 is 0 Å². The molecule has 0 radical (unpaired) electrons. The second-order valence-electron chi connectivity index (χ2n) is 9.58. The minimum absolute atomic E-state index is 0.146. The number of aryl methyl sites for hydroxylation is 1. The van der Waals surface area contributed by atoms with Crippen LogP contribution in [0.2, 0.25) is 0 Å². The molecular formula is C31H37N3O5. The largest absolute Gasteiger partial charge is 0.497 e. The van der Waals surface area contributed by atoms with Crippen molar-refractivity contribution in [3.05, 3.63) is 95.1 Å². The van der Waals surface area contributed by atoms with Crippen LogP contribution in [0.5, 0.6) is 5.75 Å². The molecule has 8 heteroatoms. The Morgan fingerprint density at radius 3 is 2.41 bits per heavy atom. The molecule has 39 heavy (non-hydrogen) atoms. The number of hydrogen-bond acceptors (Lipinski definition) is 6. The van der Waals surface area contributed by atoms with E-state index in [1.807, 2.05) is 18.2 Å². The van der Waals surface area contributed by atoms with Crippen molar-refractivity contribution in [3.63, 3.8) is 0 Å². The van der Waals surface area contributed by atoms with Gasteiger partial charge in [0.05, 0.1) is 32.0 Å². The van der Waals surface area contributed by atoms with Crippen LogP contribution in [-0.4, -0.2) is 68.2 Å². The summed E-state index contributed by atoms with van der Waals surface area (Å²) < 4.78 is 16.9. The molecule has 8 nitrogen and oxygen atoms in total. The number of hydrogen-bond donors (Lipinski definition) is 1. The van der Waals surface area contributed by atoms with Crippen LogP contribution in [0.15, 0.2) is 72.8 Å². The summed E-state index contributed by atoms with van der Waals surface area (Å²) in [5.41, 5.74) is 4.38. The fraction of sp³-hybridized carbons (Fsp3) is 0.355. The van der Waals surface area contributed by atoms with Crippen LogP contribution < -0.4 is 10.1 Å². The number of benzene rings is 3. The molecule has 2 amide bonds. The first-order chi connectivity index (χ1) is 18.9. The van der Waals surface area contributed by atoms with Crippen molar-refractivity contribution in [2.75, 3.05) is 51.8 Å². The van der Waals surface area contributed by atoms with Gasteiger partial charge in [-0.2, -0.15) is 0 Å². The van der Waals surface area contributed by atoms with E-state index in [9.17, 15) is 9.59 Å². The number of rotatable bonds is 10. The summed E-state index contributed by atoms with van der Waals surface area (Å²) in [7, 11) is 1.67. The molecule has 3 aromatic carbocycles. The van der Waals surface area contributed by atoms with E-state index in [0.717, 1.165) is 30.0 Å². The van der Waals surface area contributed by atoms with E-state index in [4.69, 9.17) is 14.2 Å². The zero-order valence-electron chi connectivity index (χ0n) is 22.9. The SMILES string of the molecule is CCOC(=O)c1cccc(NC(=O)N2CCN(C[C@H](OCc3ccc(C)cc3)c3cccc(OC)c3)CC2)c1. The highest BCUT2D eigenvalue weighted by Gasteiger charge is 2.25. The van der Waals surface area contributed by atoms with E-state index < -0.39 is 5.97 Å². The molecule has 4 rings (SSSR count). The number of urea groups is 1. The van der Waals surface area contributed by atoms with E-state index in [-0.39, 0.29) is 12.1 Å². The minimum Gasteiger partial charge on any atom is -0.497 e. The Morgan fingerprint density at radius 1 is 0.949 bits per heavy atom. The zero-order valence-corrected chi connectivity index (χ0v) is 22.9. The Labute approximate surface area is 230 Å². The molecule has 3 aromatic rings. The highest BCUT2D eigenvalue weighted by atomic mass is 16.5. The molecular weight excluding hydrogens is 494 g/mol. The van der Waals surface area contributed by atoms with Gasteiger partial charge in [-0.15, -0.1) is 0 Å². The van der Waals surface area contributed by atoms with Gasteiger partial charge in [-0.3, -0.25) is 4.90 Å². The predicted octanol–water partition coefficient (Wildman–Crippen LogP) is 5.29. The van der Waals surface area contributed by atoms with Crippen LogP contribution in [0, 0.1) is 6.92 Å². The number of amides is 2. The van der Waals surface area contributed by atoms with E-state index in [0.29, 0.717) is 44.1 Å². The summed E-state index contributed by atoms with van der Waals surface area (Å²) in [6, 6.07) is 23.0. The van der Waals surface area contributed by atoms with E-state index in [2.05, 4.69) is 47.5 Å². The Kier molecular flexibility index (Phi) is 9.94. The fourth-order valence-electron chi connectivity index (χ4n) is 4.49. The minimum atomic E-state index is -0.405. The van der Waals surface area contributed by atoms with Crippen LogP contribution in [0.1, 0.15) is 40.1 Å². The van der Waals surface area contributed by atoms with Crippen molar-refractivity contribution in [3.8, 4) is 5.75 Å². The number of esters is 1. The number of carbonyl (C=O) groups is 2. The molecule has 0 saturated carbocycles. The third-order valence-electron chi connectivity index (χ3n) is 6.75. The molecule has 1 saturated heterocycles. The maximum atomic E-state index is 12.9. The number of anilines is 1. The predicted molar refractivity (Wildman–Crippen MR) is 151 cm³/mol. The van der Waals surface area contributed by atoms with Crippen molar-refractivity contribution in [1.29, 1.82) is 0 Å². The lowest BCUT2D eigenvalue weighted by molar-refractivity contribution is 0.00584. The number of methoxy groups -OCH3 is 1. The van der Waals surface area contributed by atoms with Crippen molar-refractivity contribution >= 4 is 17.7 Å². The summed E-state index contributed by atoms with van der Waals surface area (Å²) >= 11 is 0. The number of nitrogens with one attached hydrogen (secondary N) is 1. The van der Waals surface area contributed by atoms with Crippen LogP contribution in [0.4, 0.5) is 10.5 Å². The third-order valence-corrected chi connectivity index (χ3v) is 6.75. The number of nitrogens with zero attached hydrogens (tertiary/aromatic N) is 2. The standard InChI is InChI=1S/C31H37N3O5/c1-4-38-30(35)26-8-5-9-27(19-26)32-31(36)34-17-15-33(16-18-34)21-29(25-7-6-10-28(20-25)37-3)39-22-24-13-11-23(2)12-14-24/h5-14,19-20,29H,4,15-18,21-22H2,1-3H3,(H,32,36)/t29-/m0/s1. The Balaban J connectivity index is 1.35. The summed E-state index contributed by atoms with van der Waals surface area (Å²) in [5, 5.41) is 2.91. The van der Waals surface area contributed by atoms with Gasteiger partial charge < -0.3 is 24.4 Å². The first-order valence-corrected chi connectivity index (χ1v) is 13.3. The van der Waals surface area contributed by atoms with Gasteiger partial charge in [0.2, 0.25) is 0 Å². The molecule has 0 bridgehead atoms. The van der Waals surface area contributed by atoms with E-state index in [1.54, 1.807) is 43.2 Å². The second-order valence-corrected chi connectivity index (χ2v) is 9.58. The first kappa shape index (κ1) is 28.1. The van der Waals surface area contributed by atoms with Crippen LogP contribution >= 0.6 is 0 Å². The summed E-state index contributed by atoms with van der Waals surface area (Å²) in [4.78, 5) is 29.1. The molecule has 0 spiro atoms. The molecule has 1 atom stereocenters. The first-order valence-electron chi connectivity index (χ1n) is 13.3. The topological polar surface area (TPSA) is 80.3 Å². The van der Waals surface area contributed by atoms with Crippen LogP contribution in [0.25, 0.3) is 0 Å². The van der Waals surface area contributed by atoms with Gasteiger partial charge in [-0.1, -0.05) is 48.0 Å². The van der Waals surface area contributed by atoms with Gasteiger partial charge in [0.15, 0.2) is 0 Å². The van der Waals surface area contributed by atoms with Gasteiger partial charge in [0, 0.05) is 38.4 Å². The molecule has 1 heterocycles. The van der Waals surface area contributed by atoms with Crippen molar-refractivity contribution in [2.24, 2.45) is 0 Å². The quantitative estimate of drug-likeness (QED) is 0.358. The summed E-state index contributed by atoms with van der Waals surface area (Å²) in [5.74, 6) is 0.391. The maximum absolute atomic E-state index is 12.9. The molecule has 206 valence electrons. The lowest BCUT2D eigenvalue weighted by Crippen LogP contribution is -2.50. The molecule has 1 N–H and O–H groups in total. The van der Waals surface area contributed by atoms with Crippen LogP contribution in [0.3, 0.4) is 0 Å². The van der Waals surface area contributed by atoms with Gasteiger partial charge >= 0.3 is 12.0 Å². The van der Waals surface area contributed by atoms with Gasteiger partial charge in [0.1, 0.15) is 5.75 Å². The average molecular weight is 532 g/mol. The number of carbonyl (C=O) groups excluding carboxylic acids is 2. The maximum Gasteiger partial charge on any atom is 0.338 e.